The number of halogens is 1. The number of benzene rings is 2. The predicted molar refractivity (Wildman–Crippen MR) is 133 cm³/mol. The quantitative estimate of drug-likeness (QED) is 0.392. The van der Waals surface area contributed by atoms with Crippen molar-refractivity contribution in [2.45, 2.75) is 23.8 Å². The molecule has 1 aliphatic heterocycles. The smallest absolute Gasteiger partial charge is 0.245 e. The number of nitrogens with zero attached hydrogens (tertiary/aromatic N) is 3. The Hall–Kier alpha value is -3.14. The van der Waals surface area contributed by atoms with Crippen LogP contribution >= 0.6 is 11.6 Å². The molecule has 1 atom stereocenters. The summed E-state index contributed by atoms with van der Waals surface area (Å²) in [5, 5.41) is 11.8. The Morgan fingerprint density at radius 3 is 2.88 bits per heavy atom. The number of rotatable bonds is 7. The van der Waals surface area contributed by atoms with Crippen LogP contribution in [0.2, 0.25) is 5.02 Å². The third-order valence-electron chi connectivity index (χ3n) is 5.75. The highest BCUT2D eigenvalue weighted by atomic mass is 35.5. The van der Waals surface area contributed by atoms with Gasteiger partial charge in [-0.2, -0.15) is 0 Å². The molecule has 0 saturated carbocycles. The molecule has 0 radical (unpaired) electrons. The van der Waals surface area contributed by atoms with E-state index in [1.54, 1.807) is 35.0 Å². The highest BCUT2D eigenvalue weighted by Gasteiger charge is 2.16. The van der Waals surface area contributed by atoms with E-state index in [-0.39, 0.29) is 4.90 Å². The third-order valence-corrected chi connectivity index (χ3v) is 7.17. The zero-order chi connectivity index (χ0) is 23.7. The van der Waals surface area contributed by atoms with E-state index in [0.29, 0.717) is 29.4 Å². The van der Waals surface area contributed by atoms with E-state index in [1.165, 1.54) is 6.26 Å². The lowest BCUT2D eigenvalue weighted by atomic mass is 10.2. The zero-order valence-corrected chi connectivity index (χ0v) is 20.1. The lowest BCUT2D eigenvalue weighted by molar-refractivity contribution is 0.277. The van der Waals surface area contributed by atoms with E-state index in [0.717, 1.165) is 41.8 Å². The van der Waals surface area contributed by atoms with Gasteiger partial charge in [-0.3, -0.25) is 0 Å². The normalized spacial score (nSPS) is 16.1. The number of hydrogen-bond acceptors (Lipinski definition) is 7. The molecule has 34 heavy (non-hydrogen) atoms. The van der Waals surface area contributed by atoms with Gasteiger partial charge >= 0.3 is 0 Å². The molecule has 1 saturated heterocycles. The molecule has 0 aliphatic carbocycles. The van der Waals surface area contributed by atoms with Crippen LogP contribution in [0.3, 0.4) is 0 Å². The van der Waals surface area contributed by atoms with Gasteiger partial charge < -0.3 is 15.4 Å². The van der Waals surface area contributed by atoms with Crippen LogP contribution in [-0.4, -0.2) is 48.5 Å². The second-order valence-electron chi connectivity index (χ2n) is 8.31. The Labute approximate surface area is 202 Å². The minimum atomic E-state index is -3.32. The molecule has 176 valence electrons. The summed E-state index contributed by atoms with van der Waals surface area (Å²) in [6, 6.07) is 16.4. The number of fused-ring (bicyclic) bond motifs is 1. The summed E-state index contributed by atoms with van der Waals surface area (Å²) in [5.74, 6) is 0.982. The van der Waals surface area contributed by atoms with Crippen molar-refractivity contribution in [3.63, 3.8) is 0 Å². The van der Waals surface area contributed by atoms with Crippen molar-refractivity contribution in [3.05, 3.63) is 65.8 Å². The topological polar surface area (TPSA) is 97.6 Å². The molecule has 0 amide bonds. The fourth-order valence-corrected chi connectivity index (χ4v) is 4.81. The molecular formula is C24H24ClN5O3S. The molecular weight excluding hydrogens is 474 g/mol. The Morgan fingerprint density at radius 2 is 2.09 bits per heavy atom. The average molecular weight is 498 g/mol. The molecule has 0 unspecified atom stereocenters. The van der Waals surface area contributed by atoms with Gasteiger partial charge in [-0.05, 0) is 55.8 Å². The molecule has 8 nitrogen and oxygen atoms in total. The van der Waals surface area contributed by atoms with Gasteiger partial charge in [-0.15, -0.1) is 5.10 Å². The summed E-state index contributed by atoms with van der Waals surface area (Å²) in [7, 11) is -3.32. The summed E-state index contributed by atoms with van der Waals surface area (Å²) in [6.45, 7) is 1.58. The van der Waals surface area contributed by atoms with Crippen LogP contribution in [0.15, 0.2) is 65.7 Å². The molecule has 1 aliphatic rings. The van der Waals surface area contributed by atoms with Gasteiger partial charge in [0.1, 0.15) is 12.4 Å². The van der Waals surface area contributed by atoms with E-state index >= 15 is 0 Å². The van der Waals surface area contributed by atoms with E-state index in [1.807, 2.05) is 30.3 Å². The summed E-state index contributed by atoms with van der Waals surface area (Å²) >= 11 is 6.33. The fourth-order valence-electron chi connectivity index (χ4n) is 3.97. The van der Waals surface area contributed by atoms with Gasteiger partial charge in [0, 0.05) is 29.6 Å². The zero-order valence-electron chi connectivity index (χ0n) is 18.5. The van der Waals surface area contributed by atoms with Crippen molar-refractivity contribution in [1.29, 1.82) is 0 Å². The molecule has 10 heteroatoms. The first-order valence-electron chi connectivity index (χ1n) is 10.9. The molecule has 0 bridgehead atoms. The van der Waals surface area contributed by atoms with Gasteiger partial charge in [-0.25, -0.2) is 17.9 Å². The molecule has 0 spiro atoms. The molecule has 3 heterocycles. The standard InChI is InChI=1S/C24H24ClN5O3S/c1-34(31,32)20-6-2-4-16(12-20)22-10-8-19-14-27-24(29-30(19)22)28-17-7-9-21(25)23(13-17)33-15-18-5-3-11-26-18/h2,4,6-10,12-14,18,26H,3,5,11,15H2,1H3,(H,28,29)/t18-/m0/s1. The van der Waals surface area contributed by atoms with Crippen molar-refractivity contribution in [3.8, 4) is 17.0 Å². The number of hydrogen-bond donors (Lipinski definition) is 2. The van der Waals surface area contributed by atoms with Gasteiger partial charge in [0.2, 0.25) is 5.95 Å². The number of nitrogens with one attached hydrogen (secondary N) is 2. The average Bonchev–Trinajstić information content (AvgIpc) is 3.49. The summed E-state index contributed by atoms with van der Waals surface area (Å²) in [5.41, 5.74) is 3.03. The Balaban J connectivity index is 1.41. The van der Waals surface area contributed by atoms with Crippen LogP contribution in [0.1, 0.15) is 12.8 Å². The number of anilines is 2. The van der Waals surface area contributed by atoms with E-state index in [2.05, 4.69) is 20.7 Å². The monoisotopic (exact) mass is 497 g/mol. The lowest BCUT2D eigenvalue weighted by Crippen LogP contribution is -2.28. The summed E-state index contributed by atoms with van der Waals surface area (Å²) in [6.07, 6.45) is 5.15. The Bertz CT molecular complexity index is 1450. The maximum Gasteiger partial charge on any atom is 0.245 e. The van der Waals surface area contributed by atoms with E-state index < -0.39 is 9.84 Å². The van der Waals surface area contributed by atoms with Gasteiger partial charge in [0.05, 0.1) is 27.3 Å². The number of ether oxygens (including phenoxy) is 1. The number of sulfone groups is 1. The van der Waals surface area contributed by atoms with Crippen LogP contribution in [0.5, 0.6) is 5.75 Å². The molecule has 1 fully saturated rings. The van der Waals surface area contributed by atoms with Gasteiger partial charge in [0.15, 0.2) is 9.84 Å². The van der Waals surface area contributed by atoms with Crippen LogP contribution in [0, 0.1) is 0 Å². The molecule has 5 rings (SSSR count). The first kappa shape index (κ1) is 22.6. The molecule has 2 aromatic heterocycles. The van der Waals surface area contributed by atoms with Crippen LogP contribution in [0.25, 0.3) is 16.8 Å². The van der Waals surface area contributed by atoms with Gasteiger partial charge in [-0.1, -0.05) is 23.7 Å². The van der Waals surface area contributed by atoms with Crippen molar-refractivity contribution in [2.75, 3.05) is 24.7 Å². The van der Waals surface area contributed by atoms with E-state index in [4.69, 9.17) is 16.3 Å². The van der Waals surface area contributed by atoms with E-state index in [9.17, 15) is 8.42 Å². The van der Waals surface area contributed by atoms with Crippen LogP contribution < -0.4 is 15.4 Å². The lowest BCUT2D eigenvalue weighted by Gasteiger charge is -2.14. The fraction of sp³-hybridized carbons (Fsp3) is 0.250. The maximum absolute atomic E-state index is 12.0. The molecule has 2 aromatic carbocycles. The van der Waals surface area contributed by atoms with Crippen molar-refractivity contribution >= 4 is 38.6 Å². The number of aromatic nitrogens is 3. The third kappa shape index (κ3) is 4.86. The minimum absolute atomic E-state index is 0.258. The second kappa shape index (κ2) is 9.25. The first-order valence-corrected chi connectivity index (χ1v) is 13.2. The largest absolute Gasteiger partial charge is 0.490 e. The molecule has 2 N–H and O–H groups in total. The van der Waals surface area contributed by atoms with Crippen LogP contribution in [-0.2, 0) is 9.84 Å². The minimum Gasteiger partial charge on any atom is -0.490 e. The SMILES string of the molecule is CS(=O)(=O)c1cccc(-c2ccc3cnc(Nc4ccc(Cl)c(OC[C@@H]5CCCN5)c4)nn23)c1. The van der Waals surface area contributed by atoms with Crippen molar-refractivity contribution in [1.82, 2.24) is 19.9 Å². The second-order valence-corrected chi connectivity index (χ2v) is 10.7. The van der Waals surface area contributed by atoms with Crippen LogP contribution in [0.4, 0.5) is 11.6 Å². The summed E-state index contributed by atoms with van der Waals surface area (Å²) in [4.78, 5) is 4.66. The highest BCUT2D eigenvalue weighted by molar-refractivity contribution is 7.90. The van der Waals surface area contributed by atoms with Crippen molar-refractivity contribution < 1.29 is 13.2 Å². The Kier molecular flexibility index (Phi) is 6.16. The van der Waals surface area contributed by atoms with Gasteiger partial charge in [0.25, 0.3) is 0 Å². The highest BCUT2D eigenvalue weighted by Crippen LogP contribution is 2.30. The molecule has 4 aromatic rings. The maximum atomic E-state index is 12.0. The van der Waals surface area contributed by atoms with Crippen molar-refractivity contribution in [2.24, 2.45) is 0 Å². The predicted octanol–water partition coefficient (Wildman–Crippen LogP) is 4.33. The Morgan fingerprint density at radius 1 is 1.21 bits per heavy atom. The first-order chi connectivity index (χ1) is 16.4. The summed E-state index contributed by atoms with van der Waals surface area (Å²) < 4.78 is 31.6.